The number of nitrogens with zero attached hydrogens (tertiary/aromatic N) is 3. The number of hydrogen-bond donors (Lipinski definition) is 0. The summed E-state index contributed by atoms with van der Waals surface area (Å²) < 4.78 is 0. The minimum atomic E-state index is -0.0869. The molecule has 0 bridgehead atoms. The predicted octanol–water partition coefficient (Wildman–Crippen LogP) is 1.08. The molecule has 0 spiro atoms. The van der Waals surface area contributed by atoms with Crippen LogP contribution in [0.15, 0.2) is 30.6 Å². The molecule has 2 aromatic rings. The number of carbonyl (C=O) groups excluding carboxylic acids is 1. The van der Waals surface area contributed by atoms with E-state index in [0.717, 1.165) is 5.56 Å². The molecule has 0 fully saturated rings. The first-order valence-corrected chi connectivity index (χ1v) is 4.20. The zero-order valence-corrected chi connectivity index (χ0v) is 7.14. The van der Waals surface area contributed by atoms with Gasteiger partial charge >= 0.3 is 0 Å². The third-order valence-electron chi connectivity index (χ3n) is 2.26. The first kappa shape index (κ1) is 7.32. The summed E-state index contributed by atoms with van der Waals surface area (Å²) in [6, 6.07) is 7.36. The lowest BCUT2D eigenvalue weighted by Gasteiger charge is -1.94. The maximum atomic E-state index is 11.7. The Labute approximate surface area is 79.6 Å². The van der Waals surface area contributed by atoms with Crippen molar-refractivity contribution in [2.45, 2.75) is 0 Å². The zero-order valence-electron chi connectivity index (χ0n) is 7.14. The highest BCUT2D eigenvalue weighted by molar-refractivity contribution is 6.19. The Morgan fingerprint density at radius 3 is 2.64 bits per heavy atom. The molecular weight excluding hydrogens is 178 g/mol. The van der Waals surface area contributed by atoms with E-state index in [1.807, 2.05) is 18.2 Å². The van der Waals surface area contributed by atoms with E-state index in [-0.39, 0.29) is 5.78 Å². The molecule has 0 N–H and O–H groups in total. The SMILES string of the molecule is O=C1c2ccccc2-c2ncnnc21. The Kier molecular flexibility index (Phi) is 1.28. The molecule has 4 nitrogen and oxygen atoms in total. The van der Waals surface area contributed by atoms with E-state index in [9.17, 15) is 4.79 Å². The van der Waals surface area contributed by atoms with Crippen molar-refractivity contribution in [3.8, 4) is 11.3 Å². The summed E-state index contributed by atoms with van der Waals surface area (Å²) in [5, 5.41) is 7.40. The summed E-state index contributed by atoms with van der Waals surface area (Å²) in [5.74, 6) is -0.0869. The van der Waals surface area contributed by atoms with Crippen molar-refractivity contribution in [3.63, 3.8) is 0 Å². The Hall–Kier alpha value is -2.10. The number of carbonyl (C=O) groups is 1. The van der Waals surface area contributed by atoms with E-state index < -0.39 is 0 Å². The molecular formula is C10H5N3O. The first-order valence-electron chi connectivity index (χ1n) is 4.20. The summed E-state index contributed by atoms with van der Waals surface area (Å²) in [6.45, 7) is 0. The quantitative estimate of drug-likeness (QED) is 0.523. The largest absolute Gasteiger partial charge is 0.287 e. The molecule has 1 aromatic carbocycles. The van der Waals surface area contributed by atoms with Crippen molar-refractivity contribution in [2.24, 2.45) is 0 Å². The van der Waals surface area contributed by atoms with Gasteiger partial charge in [-0.2, -0.15) is 0 Å². The second kappa shape index (κ2) is 2.45. The van der Waals surface area contributed by atoms with Crippen LogP contribution >= 0.6 is 0 Å². The van der Waals surface area contributed by atoms with Crippen LogP contribution in [0.1, 0.15) is 16.1 Å². The Morgan fingerprint density at radius 1 is 1.00 bits per heavy atom. The van der Waals surface area contributed by atoms with Gasteiger partial charge in [-0.05, 0) is 0 Å². The maximum absolute atomic E-state index is 11.7. The van der Waals surface area contributed by atoms with Crippen LogP contribution in [-0.4, -0.2) is 21.0 Å². The monoisotopic (exact) mass is 183 g/mol. The molecule has 0 amide bonds. The third-order valence-corrected chi connectivity index (χ3v) is 2.26. The van der Waals surface area contributed by atoms with Crippen LogP contribution in [0.25, 0.3) is 11.3 Å². The van der Waals surface area contributed by atoms with Gasteiger partial charge in [0.05, 0.1) is 0 Å². The fraction of sp³-hybridized carbons (Fsp3) is 0. The average Bonchev–Trinajstić information content (AvgIpc) is 2.55. The maximum Gasteiger partial charge on any atom is 0.216 e. The molecule has 14 heavy (non-hydrogen) atoms. The van der Waals surface area contributed by atoms with Crippen LogP contribution in [0.2, 0.25) is 0 Å². The van der Waals surface area contributed by atoms with E-state index in [2.05, 4.69) is 15.2 Å². The number of benzene rings is 1. The van der Waals surface area contributed by atoms with E-state index in [1.165, 1.54) is 6.33 Å². The van der Waals surface area contributed by atoms with Gasteiger partial charge in [-0.1, -0.05) is 24.3 Å². The van der Waals surface area contributed by atoms with Crippen LogP contribution in [0.4, 0.5) is 0 Å². The fourth-order valence-corrected chi connectivity index (χ4v) is 1.64. The van der Waals surface area contributed by atoms with Gasteiger partial charge in [-0.15, -0.1) is 10.2 Å². The lowest BCUT2D eigenvalue weighted by molar-refractivity contribution is 0.103. The number of ketones is 1. The van der Waals surface area contributed by atoms with Gasteiger partial charge in [0.15, 0.2) is 5.69 Å². The molecule has 1 aliphatic carbocycles. The van der Waals surface area contributed by atoms with E-state index in [1.54, 1.807) is 6.07 Å². The molecule has 0 saturated heterocycles. The molecule has 1 aliphatic rings. The fourth-order valence-electron chi connectivity index (χ4n) is 1.64. The molecule has 4 heteroatoms. The van der Waals surface area contributed by atoms with Gasteiger partial charge in [0, 0.05) is 11.1 Å². The summed E-state index contributed by atoms with van der Waals surface area (Å²) in [7, 11) is 0. The van der Waals surface area contributed by atoms with Crippen LogP contribution in [0.3, 0.4) is 0 Å². The highest BCUT2D eigenvalue weighted by atomic mass is 16.1. The van der Waals surface area contributed by atoms with Crippen molar-refractivity contribution in [1.82, 2.24) is 15.2 Å². The molecule has 0 unspecified atom stereocenters. The highest BCUT2D eigenvalue weighted by Crippen LogP contribution is 2.32. The van der Waals surface area contributed by atoms with Gasteiger partial charge in [0.1, 0.15) is 12.0 Å². The Morgan fingerprint density at radius 2 is 1.79 bits per heavy atom. The normalized spacial score (nSPS) is 12.4. The predicted molar refractivity (Wildman–Crippen MR) is 48.7 cm³/mol. The standard InChI is InChI=1S/C10H5N3O/c14-10-7-4-2-1-3-6(7)8-9(10)13-12-5-11-8/h1-5H. The van der Waals surface area contributed by atoms with Crippen LogP contribution in [0.5, 0.6) is 0 Å². The minimum Gasteiger partial charge on any atom is -0.287 e. The summed E-state index contributed by atoms with van der Waals surface area (Å²) in [6.07, 6.45) is 1.36. The van der Waals surface area contributed by atoms with Gasteiger partial charge in [-0.3, -0.25) is 4.79 Å². The van der Waals surface area contributed by atoms with E-state index in [4.69, 9.17) is 0 Å². The lowest BCUT2D eigenvalue weighted by atomic mass is 10.1. The van der Waals surface area contributed by atoms with Crippen molar-refractivity contribution >= 4 is 5.78 Å². The molecule has 1 aromatic heterocycles. The van der Waals surface area contributed by atoms with Gasteiger partial charge < -0.3 is 0 Å². The van der Waals surface area contributed by atoms with E-state index in [0.29, 0.717) is 17.0 Å². The van der Waals surface area contributed by atoms with Gasteiger partial charge in [0.2, 0.25) is 5.78 Å². The summed E-state index contributed by atoms with van der Waals surface area (Å²) >= 11 is 0. The average molecular weight is 183 g/mol. The molecule has 0 aliphatic heterocycles. The molecule has 66 valence electrons. The second-order valence-electron chi connectivity index (χ2n) is 3.03. The lowest BCUT2D eigenvalue weighted by Crippen LogP contribution is -2.00. The summed E-state index contributed by atoms with van der Waals surface area (Å²) in [4.78, 5) is 15.8. The van der Waals surface area contributed by atoms with Crippen LogP contribution in [-0.2, 0) is 0 Å². The Balaban J connectivity index is 2.42. The van der Waals surface area contributed by atoms with Crippen molar-refractivity contribution in [3.05, 3.63) is 41.9 Å². The second-order valence-corrected chi connectivity index (χ2v) is 3.03. The molecule has 0 atom stereocenters. The smallest absolute Gasteiger partial charge is 0.216 e. The number of aromatic nitrogens is 3. The van der Waals surface area contributed by atoms with Crippen molar-refractivity contribution < 1.29 is 4.79 Å². The molecule has 3 rings (SSSR count). The number of hydrogen-bond acceptors (Lipinski definition) is 4. The van der Waals surface area contributed by atoms with Gasteiger partial charge in [0.25, 0.3) is 0 Å². The highest BCUT2D eigenvalue weighted by Gasteiger charge is 2.28. The Bertz CT molecular complexity index is 489. The summed E-state index contributed by atoms with van der Waals surface area (Å²) in [5.41, 5.74) is 2.51. The molecule has 0 radical (unpaired) electrons. The van der Waals surface area contributed by atoms with Crippen LogP contribution < -0.4 is 0 Å². The van der Waals surface area contributed by atoms with Crippen molar-refractivity contribution in [1.29, 1.82) is 0 Å². The van der Waals surface area contributed by atoms with E-state index >= 15 is 0 Å². The third kappa shape index (κ3) is 0.771. The number of fused-ring (bicyclic) bond motifs is 3. The molecule has 0 saturated carbocycles. The zero-order chi connectivity index (χ0) is 9.54. The topological polar surface area (TPSA) is 55.7 Å². The van der Waals surface area contributed by atoms with Crippen molar-refractivity contribution in [2.75, 3.05) is 0 Å². The number of rotatable bonds is 0. The van der Waals surface area contributed by atoms with Gasteiger partial charge in [-0.25, -0.2) is 4.98 Å². The first-order chi connectivity index (χ1) is 6.88. The molecule has 1 heterocycles. The minimum absolute atomic E-state index is 0.0869. The van der Waals surface area contributed by atoms with Crippen LogP contribution in [0, 0.1) is 0 Å².